The van der Waals surface area contributed by atoms with Crippen molar-refractivity contribution in [3.63, 3.8) is 0 Å². The molecule has 1 unspecified atom stereocenters. The minimum absolute atomic E-state index is 0. The first kappa shape index (κ1) is 20.8. The van der Waals surface area contributed by atoms with Gasteiger partial charge in [-0.2, -0.15) is 0 Å². The highest BCUT2D eigenvalue weighted by molar-refractivity contribution is 14.0. The summed E-state index contributed by atoms with van der Waals surface area (Å²) in [6.07, 6.45) is 0. The molecule has 0 spiro atoms. The number of aliphatic imine (C=N–C) groups is 1. The van der Waals surface area contributed by atoms with Crippen molar-refractivity contribution in [3.8, 4) is 0 Å². The molecule has 0 aliphatic heterocycles. The van der Waals surface area contributed by atoms with Gasteiger partial charge >= 0.3 is 5.97 Å². The fourth-order valence-electron chi connectivity index (χ4n) is 1.11. The number of hydrogen-bond donors (Lipinski definition) is 2. The van der Waals surface area contributed by atoms with Crippen LogP contribution in [0.15, 0.2) is 4.99 Å². The van der Waals surface area contributed by atoms with E-state index in [0.29, 0.717) is 11.9 Å². The van der Waals surface area contributed by atoms with E-state index in [0.717, 1.165) is 0 Å². The lowest BCUT2D eigenvalue weighted by atomic mass is 10.1. The number of ether oxygens (including phenoxy) is 1. The molecule has 2 N–H and O–H groups in total. The Morgan fingerprint density at radius 2 is 1.79 bits per heavy atom. The van der Waals surface area contributed by atoms with Crippen LogP contribution in [0.25, 0.3) is 0 Å². The van der Waals surface area contributed by atoms with Crippen LogP contribution in [0.2, 0.25) is 0 Å². The Bertz CT molecular complexity index is 299. The smallest absolute Gasteiger partial charge is 0.325 e. The van der Waals surface area contributed by atoms with E-state index >= 15 is 0 Å². The standard InChI is InChI=1S/C13H27N3O2.HI/c1-9(2)10(3)16-12(14-7)15-8-11(17)18-13(4,5)6;/h9-10H,8H2,1-7H3,(H2,14,15,16);1H. The first-order chi connectivity index (χ1) is 8.15. The molecule has 6 heteroatoms. The number of hydrogen-bond acceptors (Lipinski definition) is 3. The van der Waals surface area contributed by atoms with Gasteiger partial charge in [-0.25, -0.2) is 0 Å². The second kappa shape index (κ2) is 9.39. The van der Waals surface area contributed by atoms with Crippen LogP contribution in [0.3, 0.4) is 0 Å². The Kier molecular flexibility index (Phi) is 10.3. The number of esters is 1. The monoisotopic (exact) mass is 385 g/mol. The number of halogens is 1. The molecule has 0 amide bonds. The van der Waals surface area contributed by atoms with Crippen LogP contribution in [0, 0.1) is 5.92 Å². The zero-order chi connectivity index (χ0) is 14.3. The average molecular weight is 385 g/mol. The molecule has 0 heterocycles. The topological polar surface area (TPSA) is 62.7 Å². The highest BCUT2D eigenvalue weighted by Gasteiger charge is 2.16. The quantitative estimate of drug-likeness (QED) is 0.337. The van der Waals surface area contributed by atoms with E-state index in [-0.39, 0.29) is 42.5 Å². The zero-order valence-electron chi connectivity index (χ0n) is 13.0. The summed E-state index contributed by atoms with van der Waals surface area (Å²) in [6.45, 7) is 12.0. The van der Waals surface area contributed by atoms with Gasteiger partial charge in [-0.1, -0.05) is 13.8 Å². The van der Waals surface area contributed by atoms with Crippen molar-refractivity contribution >= 4 is 35.9 Å². The second-order valence-corrected chi connectivity index (χ2v) is 5.69. The van der Waals surface area contributed by atoms with Crippen molar-refractivity contribution in [1.82, 2.24) is 10.6 Å². The van der Waals surface area contributed by atoms with E-state index in [1.54, 1.807) is 7.05 Å². The van der Waals surface area contributed by atoms with Gasteiger partial charge < -0.3 is 15.4 Å². The maximum atomic E-state index is 11.5. The predicted octanol–water partition coefficient (Wildman–Crippen LogP) is 2.16. The number of carbonyl (C=O) groups excluding carboxylic acids is 1. The summed E-state index contributed by atoms with van der Waals surface area (Å²) >= 11 is 0. The molecule has 0 aliphatic rings. The van der Waals surface area contributed by atoms with Gasteiger partial charge in [0.1, 0.15) is 12.1 Å². The summed E-state index contributed by atoms with van der Waals surface area (Å²) in [7, 11) is 1.68. The molecule has 0 saturated carbocycles. The average Bonchev–Trinajstić information content (AvgIpc) is 2.21. The van der Waals surface area contributed by atoms with Crippen molar-refractivity contribution in [1.29, 1.82) is 0 Å². The maximum absolute atomic E-state index is 11.5. The molecule has 19 heavy (non-hydrogen) atoms. The van der Waals surface area contributed by atoms with E-state index < -0.39 is 5.60 Å². The molecule has 5 nitrogen and oxygen atoms in total. The summed E-state index contributed by atoms with van der Waals surface area (Å²) in [5.74, 6) is 0.815. The van der Waals surface area contributed by atoms with Gasteiger partial charge in [0.05, 0.1) is 0 Å². The van der Waals surface area contributed by atoms with E-state index in [1.807, 2.05) is 20.8 Å². The van der Waals surface area contributed by atoms with Gasteiger partial charge in [0, 0.05) is 13.1 Å². The van der Waals surface area contributed by atoms with Gasteiger partial charge in [0.25, 0.3) is 0 Å². The van der Waals surface area contributed by atoms with Gasteiger partial charge in [0.15, 0.2) is 5.96 Å². The fraction of sp³-hybridized carbons (Fsp3) is 0.846. The van der Waals surface area contributed by atoms with Crippen molar-refractivity contribution in [2.75, 3.05) is 13.6 Å². The normalized spacial score (nSPS) is 13.6. The predicted molar refractivity (Wildman–Crippen MR) is 90.1 cm³/mol. The van der Waals surface area contributed by atoms with Gasteiger partial charge in [-0.3, -0.25) is 9.79 Å². The Morgan fingerprint density at radius 3 is 2.16 bits per heavy atom. The third-order valence-electron chi connectivity index (χ3n) is 2.41. The van der Waals surface area contributed by atoms with Gasteiger partial charge in [0.2, 0.25) is 0 Å². The molecule has 1 atom stereocenters. The minimum Gasteiger partial charge on any atom is -0.459 e. The molecule has 114 valence electrons. The SMILES string of the molecule is CN=C(NCC(=O)OC(C)(C)C)NC(C)C(C)C.I. The van der Waals surface area contributed by atoms with Crippen LogP contribution in [-0.2, 0) is 9.53 Å². The highest BCUT2D eigenvalue weighted by Crippen LogP contribution is 2.06. The number of rotatable bonds is 4. The van der Waals surface area contributed by atoms with Crippen molar-refractivity contribution < 1.29 is 9.53 Å². The molecule has 0 bridgehead atoms. The molecule has 0 aromatic carbocycles. The Labute approximate surface area is 134 Å². The van der Waals surface area contributed by atoms with Crippen LogP contribution >= 0.6 is 24.0 Å². The summed E-state index contributed by atoms with van der Waals surface area (Å²) < 4.78 is 5.20. The van der Waals surface area contributed by atoms with Crippen molar-refractivity contribution in [2.45, 2.75) is 53.2 Å². The molecule has 0 saturated heterocycles. The lowest BCUT2D eigenvalue weighted by molar-refractivity contribution is -0.153. The van der Waals surface area contributed by atoms with Crippen molar-refractivity contribution in [3.05, 3.63) is 0 Å². The Balaban J connectivity index is 0. The molecule has 0 aliphatic carbocycles. The molecule has 0 fully saturated rings. The molecule has 0 aromatic rings. The first-order valence-corrected chi connectivity index (χ1v) is 6.34. The Morgan fingerprint density at radius 1 is 1.26 bits per heavy atom. The third-order valence-corrected chi connectivity index (χ3v) is 2.41. The number of guanidine groups is 1. The van der Waals surface area contributed by atoms with E-state index in [9.17, 15) is 4.79 Å². The molecule has 0 rings (SSSR count). The highest BCUT2D eigenvalue weighted by atomic mass is 127. The molecular weight excluding hydrogens is 357 g/mol. The van der Waals surface area contributed by atoms with Crippen molar-refractivity contribution in [2.24, 2.45) is 10.9 Å². The van der Waals surface area contributed by atoms with Gasteiger partial charge in [-0.05, 0) is 33.6 Å². The van der Waals surface area contributed by atoms with E-state index in [1.165, 1.54) is 0 Å². The Hall–Kier alpha value is -0.530. The third kappa shape index (κ3) is 11.0. The second-order valence-electron chi connectivity index (χ2n) is 5.69. The van der Waals surface area contributed by atoms with Crippen LogP contribution in [-0.4, -0.2) is 37.2 Å². The molecule has 0 radical (unpaired) electrons. The first-order valence-electron chi connectivity index (χ1n) is 6.34. The van der Waals surface area contributed by atoms with Crippen LogP contribution in [0.4, 0.5) is 0 Å². The fourth-order valence-corrected chi connectivity index (χ4v) is 1.11. The zero-order valence-corrected chi connectivity index (χ0v) is 15.4. The number of nitrogens with one attached hydrogen (secondary N) is 2. The molecule has 0 aromatic heterocycles. The van der Waals surface area contributed by atoms with Gasteiger partial charge in [-0.15, -0.1) is 24.0 Å². The molecular formula is C13H28IN3O2. The number of carbonyl (C=O) groups is 1. The lowest BCUT2D eigenvalue weighted by Gasteiger charge is -2.22. The summed E-state index contributed by atoms with van der Waals surface area (Å²) in [6, 6.07) is 0.287. The minimum atomic E-state index is -0.457. The summed E-state index contributed by atoms with van der Waals surface area (Å²) in [5.41, 5.74) is -0.457. The summed E-state index contributed by atoms with van der Waals surface area (Å²) in [4.78, 5) is 15.6. The van der Waals surface area contributed by atoms with Crippen LogP contribution < -0.4 is 10.6 Å². The largest absolute Gasteiger partial charge is 0.459 e. The van der Waals surface area contributed by atoms with E-state index in [2.05, 4.69) is 36.4 Å². The summed E-state index contributed by atoms with van der Waals surface area (Å²) in [5, 5.41) is 6.16. The van der Waals surface area contributed by atoms with Crippen LogP contribution in [0.1, 0.15) is 41.5 Å². The maximum Gasteiger partial charge on any atom is 0.325 e. The lowest BCUT2D eigenvalue weighted by Crippen LogP contribution is -2.46. The van der Waals surface area contributed by atoms with Crippen LogP contribution in [0.5, 0.6) is 0 Å². The number of nitrogens with zero attached hydrogens (tertiary/aromatic N) is 1. The van der Waals surface area contributed by atoms with E-state index in [4.69, 9.17) is 4.74 Å².